The summed E-state index contributed by atoms with van der Waals surface area (Å²) >= 11 is 0. The van der Waals surface area contributed by atoms with Gasteiger partial charge in [0.05, 0.1) is 6.61 Å². The van der Waals surface area contributed by atoms with Crippen LogP contribution in [0.1, 0.15) is 65.7 Å². The van der Waals surface area contributed by atoms with Crippen LogP contribution in [0.5, 0.6) is 0 Å². The molecular formula is C29H39N3O3. The Morgan fingerprint density at radius 1 is 1.09 bits per heavy atom. The summed E-state index contributed by atoms with van der Waals surface area (Å²) in [5.74, 6) is 0.356. The Morgan fingerprint density at radius 3 is 2.60 bits per heavy atom. The van der Waals surface area contributed by atoms with Gasteiger partial charge in [-0.3, -0.25) is 4.79 Å². The normalized spacial score (nSPS) is 19.7. The number of fused-ring (bicyclic) bond motifs is 1. The van der Waals surface area contributed by atoms with Gasteiger partial charge in [0.1, 0.15) is 0 Å². The van der Waals surface area contributed by atoms with E-state index in [1.54, 1.807) is 0 Å². The lowest BCUT2D eigenvalue weighted by Crippen LogP contribution is -2.50. The molecule has 2 atom stereocenters. The van der Waals surface area contributed by atoms with E-state index in [9.17, 15) is 9.59 Å². The minimum Gasteiger partial charge on any atom is -0.450 e. The first-order chi connectivity index (χ1) is 17.0. The Labute approximate surface area is 209 Å². The zero-order valence-electron chi connectivity index (χ0n) is 21.4. The van der Waals surface area contributed by atoms with Crippen molar-refractivity contribution in [2.45, 2.75) is 65.3 Å². The zero-order valence-corrected chi connectivity index (χ0v) is 21.4. The number of rotatable bonds is 7. The summed E-state index contributed by atoms with van der Waals surface area (Å²) in [7, 11) is 0. The Hall–Kier alpha value is -2.86. The van der Waals surface area contributed by atoms with Gasteiger partial charge in [-0.1, -0.05) is 31.2 Å². The van der Waals surface area contributed by atoms with Crippen molar-refractivity contribution in [3.05, 3.63) is 64.2 Å². The molecule has 0 radical (unpaired) electrons. The average Bonchev–Trinajstić information content (AvgIpc) is 2.86. The number of hydrogen-bond donors (Lipinski definition) is 2. The van der Waals surface area contributed by atoms with Gasteiger partial charge in [0.15, 0.2) is 0 Å². The van der Waals surface area contributed by atoms with E-state index < -0.39 is 0 Å². The van der Waals surface area contributed by atoms with Crippen LogP contribution in [0.4, 0.5) is 10.5 Å². The third kappa shape index (κ3) is 6.04. The maximum Gasteiger partial charge on any atom is 0.409 e. The number of nitrogens with zero attached hydrogens (tertiary/aromatic N) is 1. The SMILES string of the molecule is CCOC(=O)N1CC[C@H](NCCc2ccc(NC(=O)c3ccccc3C)c3c2CCCC3)[C@H](C)C1. The van der Waals surface area contributed by atoms with E-state index in [0.29, 0.717) is 18.6 Å². The number of aryl methyl sites for hydroxylation is 1. The second-order valence-electron chi connectivity index (χ2n) is 9.93. The van der Waals surface area contributed by atoms with Crippen LogP contribution in [0.15, 0.2) is 36.4 Å². The van der Waals surface area contributed by atoms with Gasteiger partial charge in [-0.2, -0.15) is 0 Å². The molecule has 6 heteroatoms. The molecule has 1 saturated heterocycles. The Balaban J connectivity index is 1.37. The van der Waals surface area contributed by atoms with Gasteiger partial charge in [-0.05, 0) is 99.2 Å². The van der Waals surface area contributed by atoms with Crippen LogP contribution in [0.25, 0.3) is 0 Å². The molecule has 2 amide bonds. The largest absolute Gasteiger partial charge is 0.450 e. The molecule has 1 aliphatic heterocycles. The van der Waals surface area contributed by atoms with Crippen molar-refractivity contribution in [3.8, 4) is 0 Å². The lowest BCUT2D eigenvalue weighted by Gasteiger charge is -2.36. The number of benzene rings is 2. The highest BCUT2D eigenvalue weighted by molar-refractivity contribution is 6.05. The van der Waals surface area contributed by atoms with Gasteiger partial charge < -0.3 is 20.3 Å². The highest BCUT2D eigenvalue weighted by Crippen LogP contribution is 2.31. The molecule has 2 aromatic carbocycles. The van der Waals surface area contributed by atoms with Crippen LogP contribution in [0.2, 0.25) is 0 Å². The first-order valence-electron chi connectivity index (χ1n) is 13.1. The van der Waals surface area contributed by atoms with Gasteiger partial charge >= 0.3 is 6.09 Å². The van der Waals surface area contributed by atoms with Crippen molar-refractivity contribution in [2.75, 3.05) is 31.6 Å². The zero-order chi connectivity index (χ0) is 24.8. The van der Waals surface area contributed by atoms with E-state index in [4.69, 9.17) is 4.74 Å². The lowest BCUT2D eigenvalue weighted by molar-refractivity contribution is 0.0820. The summed E-state index contributed by atoms with van der Waals surface area (Å²) in [6.45, 7) is 8.84. The van der Waals surface area contributed by atoms with Crippen LogP contribution in [0, 0.1) is 12.8 Å². The molecule has 0 saturated carbocycles. The predicted molar refractivity (Wildman–Crippen MR) is 140 cm³/mol. The van der Waals surface area contributed by atoms with Crippen molar-refractivity contribution in [2.24, 2.45) is 5.92 Å². The van der Waals surface area contributed by atoms with Crippen LogP contribution >= 0.6 is 0 Å². The lowest BCUT2D eigenvalue weighted by atomic mass is 9.85. The monoisotopic (exact) mass is 477 g/mol. The molecule has 4 rings (SSSR count). The first-order valence-corrected chi connectivity index (χ1v) is 13.1. The van der Waals surface area contributed by atoms with Crippen molar-refractivity contribution in [3.63, 3.8) is 0 Å². The molecule has 0 unspecified atom stereocenters. The topological polar surface area (TPSA) is 70.7 Å². The number of amides is 2. The summed E-state index contributed by atoms with van der Waals surface area (Å²) in [4.78, 5) is 26.8. The van der Waals surface area contributed by atoms with E-state index in [2.05, 4.69) is 29.7 Å². The Bertz CT molecular complexity index is 1050. The fourth-order valence-corrected chi connectivity index (χ4v) is 5.53. The molecule has 2 aliphatic rings. The van der Waals surface area contributed by atoms with Gasteiger partial charge in [-0.25, -0.2) is 4.79 Å². The van der Waals surface area contributed by atoms with Gasteiger partial charge in [0.2, 0.25) is 0 Å². The molecule has 1 aliphatic carbocycles. The van der Waals surface area contributed by atoms with E-state index in [1.165, 1.54) is 29.5 Å². The molecule has 1 fully saturated rings. The number of ether oxygens (including phenoxy) is 1. The fourth-order valence-electron chi connectivity index (χ4n) is 5.53. The minimum atomic E-state index is -0.195. The molecule has 35 heavy (non-hydrogen) atoms. The highest BCUT2D eigenvalue weighted by atomic mass is 16.6. The molecule has 188 valence electrons. The second kappa shape index (κ2) is 11.7. The van der Waals surface area contributed by atoms with E-state index in [0.717, 1.165) is 62.1 Å². The average molecular weight is 478 g/mol. The number of carbonyl (C=O) groups excluding carboxylic acids is 2. The summed E-state index contributed by atoms with van der Waals surface area (Å²) in [5, 5.41) is 6.94. The minimum absolute atomic E-state index is 0.0339. The molecule has 0 bridgehead atoms. The summed E-state index contributed by atoms with van der Waals surface area (Å²) < 4.78 is 5.16. The second-order valence-corrected chi connectivity index (χ2v) is 9.93. The number of likely N-dealkylation sites (tertiary alicyclic amines) is 1. The summed E-state index contributed by atoms with van der Waals surface area (Å²) in [5.41, 5.74) is 6.80. The predicted octanol–water partition coefficient (Wildman–Crippen LogP) is 5.13. The van der Waals surface area contributed by atoms with Crippen molar-refractivity contribution in [1.82, 2.24) is 10.2 Å². The van der Waals surface area contributed by atoms with Crippen LogP contribution in [0.3, 0.4) is 0 Å². The molecule has 1 heterocycles. The summed E-state index contributed by atoms with van der Waals surface area (Å²) in [6, 6.07) is 12.4. The third-order valence-electron chi connectivity index (χ3n) is 7.50. The van der Waals surface area contributed by atoms with Gasteiger partial charge in [0.25, 0.3) is 5.91 Å². The molecule has 2 aromatic rings. The molecule has 0 aromatic heterocycles. The van der Waals surface area contributed by atoms with Crippen molar-refractivity contribution < 1.29 is 14.3 Å². The Morgan fingerprint density at radius 2 is 1.86 bits per heavy atom. The quantitative estimate of drug-likeness (QED) is 0.580. The van der Waals surface area contributed by atoms with Gasteiger partial charge in [0, 0.05) is 30.4 Å². The molecule has 2 N–H and O–H groups in total. The Kier molecular flexibility index (Phi) is 8.45. The van der Waals surface area contributed by atoms with E-state index in [-0.39, 0.29) is 12.0 Å². The van der Waals surface area contributed by atoms with E-state index in [1.807, 2.05) is 43.0 Å². The number of hydrogen-bond acceptors (Lipinski definition) is 4. The maximum absolute atomic E-state index is 12.9. The van der Waals surface area contributed by atoms with Crippen molar-refractivity contribution >= 4 is 17.7 Å². The number of carbonyl (C=O) groups is 2. The smallest absolute Gasteiger partial charge is 0.409 e. The maximum atomic E-state index is 12.9. The molecule has 0 spiro atoms. The number of nitrogens with one attached hydrogen (secondary N) is 2. The summed E-state index contributed by atoms with van der Waals surface area (Å²) in [6.07, 6.45) is 6.18. The van der Waals surface area contributed by atoms with Gasteiger partial charge in [-0.15, -0.1) is 0 Å². The first kappa shape index (κ1) is 25.2. The highest BCUT2D eigenvalue weighted by Gasteiger charge is 2.29. The van der Waals surface area contributed by atoms with E-state index >= 15 is 0 Å². The molecular weight excluding hydrogens is 438 g/mol. The third-order valence-corrected chi connectivity index (χ3v) is 7.50. The van der Waals surface area contributed by atoms with Crippen LogP contribution in [-0.4, -0.2) is 49.2 Å². The van der Waals surface area contributed by atoms with Crippen molar-refractivity contribution in [1.29, 1.82) is 0 Å². The molecule has 6 nitrogen and oxygen atoms in total. The van der Waals surface area contributed by atoms with Crippen LogP contribution < -0.4 is 10.6 Å². The number of anilines is 1. The van der Waals surface area contributed by atoms with Crippen LogP contribution in [-0.2, 0) is 24.0 Å². The number of piperidine rings is 1. The fraction of sp³-hybridized carbons (Fsp3) is 0.517. The standard InChI is InChI=1S/C29H39N3O3/c1-4-35-29(34)32-18-16-26(21(3)19-32)30-17-15-22-13-14-27(25-12-8-7-11-24(22)25)31-28(33)23-10-6-5-9-20(23)2/h5-6,9-10,13-14,21,26,30H,4,7-8,11-12,15-19H2,1-3H3,(H,31,33)/t21-,26+/m1/s1.